The Bertz CT molecular complexity index is 4030. The van der Waals surface area contributed by atoms with Gasteiger partial charge in [0.2, 0.25) is 5.95 Å². The highest BCUT2D eigenvalue weighted by atomic mass is 32.1. The lowest BCUT2D eigenvalue weighted by molar-refractivity contribution is 1.02. The molecule has 58 heavy (non-hydrogen) atoms. The SMILES string of the molecule is c1ccc(-n2c3ccccc3c3cc(-c4nc(-n5c6ccccc6c6c7c8ccccc8n8c9ccccc9c(cc65)c78)nc5sc6ccccc6c45)ccc32)cc1. The molecule has 0 saturated heterocycles. The zero-order valence-electron chi connectivity index (χ0n) is 30.9. The minimum absolute atomic E-state index is 0.675. The van der Waals surface area contributed by atoms with E-state index in [2.05, 4.69) is 189 Å². The molecule has 0 spiro atoms. The average Bonchev–Trinajstić information content (AvgIpc) is 4.08. The third-order valence-corrected chi connectivity index (χ3v) is 13.5. The summed E-state index contributed by atoms with van der Waals surface area (Å²) >= 11 is 1.74. The molecule has 6 heterocycles. The fraction of sp³-hybridized carbons (Fsp3) is 0. The van der Waals surface area contributed by atoms with Gasteiger partial charge in [-0.05, 0) is 60.7 Å². The minimum Gasteiger partial charge on any atom is -0.309 e. The van der Waals surface area contributed by atoms with Crippen LogP contribution in [0.1, 0.15) is 0 Å². The van der Waals surface area contributed by atoms with Gasteiger partial charge in [0.1, 0.15) is 4.83 Å². The van der Waals surface area contributed by atoms with Crippen LogP contribution in [-0.2, 0) is 0 Å². The van der Waals surface area contributed by atoms with E-state index in [4.69, 9.17) is 9.97 Å². The smallest absolute Gasteiger partial charge is 0.236 e. The van der Waals surface area contributed by atoms with Crippen LogP contribution >= 0.6 is 11.3 Å². The highest BCUT2D eigenvalue weighted by Crippen LogP contribution is 2.47. The van der Waals surface area contributed by atoms with Crippen LogP contribution in [-0.4, -0.2) is 23.5 Å². The molecule has 0 aliphatic carbocycles. The number of para-hydroxylation sites is 5. The van der Waals surface area contributed by atoms with E-state index in [9.17, 15) is 0 Å². The molecule has 0 aliphatic heterocycles. The van der Waals surface area contributed by atoms with Crippen LogP contribution in [0.15, 0.2) is 176 Å². The first kappa shape index (κ1) is 30.7. The van der Waals surface area contributed by atoms with Crippen molar-refractivity contribution in [1.82, 2.24) is 23.5 Å². The molecule has 0 radical (unpaired) electrons. The quantitative estimate of drug-likeness (QED) is 0.180. The molecule has 0 unspecified atom stereocenters. The molecular formula is C52H29N5S. The normalized spacial score (nSPS) is 12.5. The van der Waals surface area contributed by atoms with Crippen LogP contribution < -0.4 is 0 Å². The summed E-state index contributed by atoms with van der Waals surface area (Å²) in [5, 5.41) is 12.1. The van der Waals surface area contributed by atoms with Crippen molar-refractivity contribution in [3.05, 3.63) is 176 Å². The van der Waals surface area contributed by atoms with E-state index in [0.29, 0.717) is 5.95 Å². The van der Waals surface area contributed by atoms with Crippen LogP contribution in [0.25, 0.3) is 125 Å². The van der Waals surface area contributed by atoms with E-state index in [1.165, 1.54) is 80.8 Å². The van der Waals surface area contributed by atoms with Gasteiger partial charge in [0, 0.05) is 69.8 Å². The van der Waals surface area contributed by atoms with Crippen LogP contribution in [0.3, 0.4) is 0 Å². The summed E-state index contributed by atoms with van der Waals surface area (Å²) in [5.41, 5.74) is 11.4. The predicted molar refractivity (Wildman–Crippen MR) is 244 cm³/mol. The van der Waals surface area contributed by atoms with E-state index >= 15 is 0 Å². The average molecular weight is 756 g/mol. The number of hydrogen-bond donors (Lipinski definition) is 0. The summed E-state index contributed by atoms with van der Waals surface area (Å²) in [6.07, 6.45) is 0. The Morgan fingerprint density at radius 1 is 0.379 bits per heavy atom. The van der Waals surface area contributed by atoms with E-state index in [-0.39, 0.29) is 0 Å². The molecule has 5 nitrogen and oxygen atoms in total. The predicted octanol–water partition coefficient (Wildman–Crippen LogP) is 13.9. The molecule has 0 N–H and O–H groups in total. The van der Waals surface area contributed by atoms with Crippen LogP contribution in [0.2, 0.25) is 0 Å². The lowest BCUT2D eigenvalue weighted by atomic mass is 10.0. The highest BCUT2D eigenvalue weighted by Gasteiger charge is 2.26. The summed E-state index contributed by atoms with van der Waals surface area (Å²) < 4.78 is 8.35. The third-order valence-electron chi connectivity index (χ3n) is 12.4. The van der Waals surface area contributed by atoms with Crippen molar-refractivity contribution in [3.63, 3.8) is 0 Å². The molecule has 0 bridgehead atoms. The maximum absolute atomic E-state index is 5.68. The molecule has 0 amide bonds. The Labute approximate surface area is 334 Å². The number of fused-ring (bicyclic) bond motifs is 16. The second kappa shape index (κ2) is 11.1. The van der Waals surface area contributed by atoms with Gasteiger partial charge in [0.25, 0.3) is 0 Å². The van der Waals surface area contributed by atoms with Crippen LogP contribution in [0.4, 0.5) is 0 Å². The number of nitrogens with zero attached hydrogens (tertiary/aromatic N) is 5. The van der Waals surface area contributed by atoms with E-state index in [1.807, 2.05) is 0 Å². The molecule has 0 atom stereocenters. The van der Waals surface area contributed by atoms with Crippen molar-refractivity contribution in [2.45, 2.75) is 0 Å². The summed E-state index contributed by atoms with van der Waals surface area (Å²) in [4.78, 5) is 12.2. The van der Waals surface area contributed by atoms with Gasteiger partial charge < -0.3 is 8.97 Å². The number of rotatable bonds is 3. The monoisotopic (exact) mass is 755 g/mol. The zero-order chi connectivity index (χ0) is 37.6. The first-order valence-corrected chi connectivity index (χ1v) is 20.5. The molecule has 6 aromatic heterocycles. The summed E-state index contributed by atoms with van der Waals surface area (Å²) in [5.74, 6) is 0.675. The Hall–Kier alpha value is -7.54. The van der Waals surface area contributed by atoms with Gasteiger partial charge in [0.05, 0.1) is 44.3 Å². The van der Waals surface area contributed by atoms with Crippen LogP contribution in [0, 0.1) is 0 Å². The Morgan fingerprint density at radius 2 is 0.966 bits per heavy atom. The maximum atomic E-state index is 5.68. The van der Waals surface area contributed by atoms with Gasteiger partial charge in [-0.25, -0.2) is 9.97 Å². The summed E-state index contributed by atoms with van der Waals surface area (Å²) in [6, 6.07) is 63.7. The van der Waals surface area contributed by atoms with E-state index in [1.54, 1.807) is 11.3 Å². The minimum atomic E-state index is 0.675. The maximum Gasteiger partial charge on any atom is 0.236 e. The first-order chi connectivity index (χ1) is 28.8. The number of hydrogen-bond acceptors (Lipinski definition) is 3. The fourth-order valence-electron chi connectivity index (χ4n) is 10.1. The van der Waals surface area contributed by atoms with Crippen molar-refractivity contribution >= 4 is 113 Å². The molecule has 14 aromatic rings. The van der Waals surface area contributed by atoms with Crippen molar-refractivity contribution < 1.29 is 0 Å². The molecule has 268 valence electrons. The topological polar surface area (TPSA) is 40.0 Å². The Morgan fingerprint density at radius 3 is 1.74 bits per heavy atom. The third kappa shape index (κ3) is 3.85. The van der Waals surface area contributed by atoms with Crippen LogP contribution in [0.5, 0.6) is 0 Å². The van der Waals surface area contributed by atoms with Gasteiger partial charge in [-0.1, -0.05) is 115 Å². The number of aromatic nitrogens is 5. The Balaban J connectivity index is 1.12. The van der Waals surface area contributed by atoms with Gasteiger partial charge in [-0.3, -0.25) is 4.57 Å². The molecule has 8 aromatic carbocycles. The molecule has 0 aliphatic rings. The second-order valence-corrected chi connectivity index (χ2v) is 16.4. The second-order valence-electron chi connectivity index (χ2n) is 15.3. The van der Waals surface area contributed by atoms with Gasteiger partial charge in [-0.2, -0.15) is 0 Å². The summed E-state index contributed by atoms with van der Waals surface area (Å²) in [7, 11) is 0. The first-order valence-electron chi connectivity index (χ1n) is 19.7. The zero-order valence-corrected chi connectivity index (χ0v) is 31.7. The van der Waals surface area contributed by atoms with E-state index < -0.39 is 0 Å². The molecule has 0 fully saturated rings. The van der Waals surface area contributed by atoms with Gasteiger partial charge >= 0.3 is 0 Å². The fourth-order valence-corrected chi connectivity index (χ4v) is 11.1. The molecule has 0 saturated carbocycles. The van der Waals surface area contributed by atoms with Gasteiger partial charge in [-0.15, -0.1) is 11.3 Å². The van der Waals surface area contributed by atoms with E-state index in [0.717, 1.165) is 38.2 Å². The molecule has 14 rings (SSSR count). The molecular weight excluding hydrogens is 727 g/mol. The lowest BCUT2D eigenvalue weighted by Crippen LogP contribution is -2.02. The highest BCUT2D eigenvalue weighted by molar-refractivity contribution is 7.25. The van der Waals surface area contributed by atoms with Gasteiger partial charge in [0.15, 0.2) is 0 Å². The van der Waals surface area contributed by atoms with Crippen molar-refractivity contribution in [1.29, 1.82) is 0 Å². The summed E-state index contributed by atoms with van der Waals surface area (Å²) in [6.45, 7) is 0. The molecule has 6 heteroatoms. The Kier molecular flexibility index (Phi) is 5.85. The van der Waals surface area contributed by atoms with Crippen molar-refractivity contribution in [2.24, 2.45) is 0 Å². The standard InChI is InChI=1S/C52H29N5S/c1-2-14-31(15-3-1)55-39-21-9-4-16-32(39)37-28-30(26-27-43(37)55)49-48-36-20-8-13-25-45(36)58-51(48)54-52(53-49)57-42-24-12-6-18-34(42)46-44(57)29-38-33-17-5-10-22-40(33)56-41-23-11-7-19-35(41)47(46)50(38)56/h1-29H. The number of thiophene rings is 1. The largest absolute Gasteiger partial charge is 0.309 e. The van der Waals surface area contributed by atoms with Crippen molar-refractivity contribution in [3.8, 4) is 22.9 Å². The lowest BCUT2D eigenvalue weighted by Gasteiger charge is -2.11. The van der Waals surface area contributed by atoms with Crippen molar-refractivity contribution in [2.75, 3.05) is 0 Å². The number of benzene rings is 8.